The zero-order chi connectivity index (χ0) is 13.1. The van der Waals surface area contributed by atoms with E-state index in [1.165, 1.54) is 11.5 Å². The van der Waals surface area contributed by atoms with Gasteiger partial charge < -0.3 is 4.74 Å². The first-order chi connectivity index (χ1) is 7.92. The number of hydrazine groups is 1. The lowest BCUT2D eigenvalue weighted by Gasteiger charge is -2.16. The van der Waals surface area contributed by atoms with Crippen molar-refractivity contribution >= 4 is 5.91 Å². The molecular weight excluding hydrogens is 239 g/mol. The number of benzene rings is 1. The van der Waals surface area contributed by atoms with Crippen LogP contribution in [0, 0.1) is 17.1 Å². The predicted octanol–water partition coefficient (Wildman–Crippen LogP) is 0.659. The molecule has 1 aromatic carbocycles. The Morgan fingerprint density at radius 2 is 2.18 bits per heavy atom. The molecule has 5 nitrogen and oxygen atoms in total. The minimum Gasteiger partial charge on any atom is -0.424 e. The Bertz CT molecular complexity index is 485. The fraction of sp³-hybridized carbons (Fsp3) is 0.111. The maximum atomic E-state index is 13.0. The Kier molecular flexibility index (Phi) is 3.55. The lowest BCUT2D eigenvalue weighted by molar-refractivity contribution is -0.193. The van der Waals surface area contributed by atoms with Gasteiger partial charge in [0.2, 0.25) is 0 Å². The summed E-state index contributed by atoms with van der Waals surface area (Å²) < 4.78 is 43.0. The van der Waals surface area contributed by atoms with Crippen LogP contribution >= 0.6 is 0 Å². The van der Waals surface area contributed by atoms with Crippen molar-refractivity contribution in [2.24, 2.45) is 5.84 Å². The summed E-state index contributed by atoms with van der Waals surface area (Å²) in [5.74, 6) is 0.820. The second-order valence-electron chi connectivity index (χ2n) is 2.82. The number of alkyl halides is 2. The van der Waals surface area contributed by atoms with Crippen LogP contribution in [0.5, 0.6) is 5.75 Å². The zero-order valence-electron chi connectivity index (χ0n) is 8.21. The van der Waals surface area contributed by atoms with Crippen molar-refractivity contribution in [3.05, 3.63) is 29.6 Å². The minimum absolute atomic E-state index is 0.725. The summed E-state index contributed by atoms with van der Waals surface area (Å²) in [6.45, 7) is 0. The molecule has 0 bridgehead atoms. The van der Waals surface area contributed by atoms with Crippen molar-refractivity contribution < 1.29 is 22.7 Å². The van der Waals surface area contributed by atoms with Gasteiger partial charge in [-0.25, -0.2) is 10.2 Å². The van der Waals surface area contributed by atoms with Crippen molar-refractivity contribution in [1.82, 2.24) is 5.43 Å². The van der Waals surface area contributed by atoms with Crippen LogP contribution in [0.2, 0.25) is 0 Å². The van der Waals surface area contributed by atoms with Gasteiger partial charge in [-0.15, -0.1) is 0 Å². The first kappa shape index (κ1) is 12.8. The first-order valence-corrected chi connectivity index (χ1v) is 4.19. The van der Waals surface area contributed by atoms with E-state index in [1.807, 2.05) is 0 Å². The topological polar surface area (TPSA) is 88.1 Å². The van der Waals surface area contributed by atoms with Gasteiger partial charge in [-0.1, -0.05) is 6.07 Å². The molecule has 8 heteroatoms. The third-order valence-electron chi connectivity index (χ3n) is 1.72. The molecule has 0 heterocycles. The average molecular weight is 245 g/mol. The highest BCUT2D eigenvalue weighted by molar-refractivity contribution is 5.81. The highest BCUT2D eigenvalue weighted by atomic mass is 19.3. The third-order valence-corrected chi connectivity index (χ3v) is 1.72. The van der Waals surface area contributed by atoms with Gasteiger partial charge >= 0.3 is 12.0 Å². The van der Waals surface area contributed by atoms with Crippen LogP contribution in [0.15, 0.2) is 18.2 Å². The summed E-state index contributed by atoms with van der Waals surface area (Å²) in [6, 6.07) is 4.23. The number of amides is 1. The minimum atomic E-state index is -4.30. The van der Waals surface area contributed by atoms with Gasteiger partial charge in [-0.05, 0) is 12.1 Å². The van der Waals surface area contributed by atoms with Crippen LogP contribution in [0.1, 0.15) is 5.56 Å². The highest BCUT2D eigenvalue weighted by Crippen LogP contribution is 2.26. The SMILES string of the molecule is N#Cc1c(F)cccc1OC(F)(F)C(=O)NN. The van der Waals surface area contributed by atoms with Crippen LogP contribution < -0.4 is 16.0 Å². The molecule has 3 N–H and O–H groups in total. The van der Waals surface area contributed by atoms with E-state index < -0.39 is 29.1 Å². The summed E-state index contributed by atoms with van der Waals surface area (Å²) in [4.78, 5) is 10.6. The van der Waals surface area contributed by atoms with Crippen LogP contribution in [0.3, 0.4) is 0 Å². The summed E-state index contributed by atoms with van der Waals surface area (Å²) in [7, 11) is 0. The van der Waals surface area contributed by atoms with E-state index >= 15 is 0 Å². The summed E-state index contributed by atoms with van der Waals surface area (Å²) in [6.07, 6.45) is -4.30. The molecule has 1 amide bonds. The first-order valence-electron chi connectivity index (χ1n) is 4.19. The Labute approximate surface area is 93.6 Å². The largest absolute Gasteiger partial charge is 0.483 e. The van der Waals surface area contributed by atoms with Gasteiger partial charge in [0.05, 0.1) is 0 Å². The van der Waals surface area contributed by atoms with E-state index in [2.05, 4.69) is 10.6 Å². The van der Waals surface area contributed by atoms with E-state index in [9.17, 15) is 18.0 Å². The van der Waals surface area contributed by atoms with Gasteiger partial charge in [0.1, 0.15) is 23.2 Å². The summed E-state index contributed by atoms with van der Waals surface area (Å²) >= 11 is 0. The maximum absolute atomic E-state index is 13.0. The Morgan fingerprint density at radius 1 is 1.53 bits per heavy atom. The number of nitrogens with one attached hydrogen (secondary N) is 1. The molecule has 0 saturated carbocycles. The number of hydrogen-bond acceptors (Lipinski definition) is 4. The van der Waals surface area contributed by atoms with Crippen molar-refractivity contribution in [3.63, 3.8) is 0 Å². The number of ether oxygens (including phenoxy) is 1. The fourth-order valence-electron chi connectivity index (χ4n) is 0.966. The van der Waals surface area contributed by atoms with Crippen molar-refractivity contribution in [1.29, 1.82) is 5.26 Å². The average Bonchev–Trinajstić information content (AvgIpc) is 2.27. The monoisotopic (exact) mass is 245 g/mol. The summed E-state index contributed by atoms with van der Waals surface area (Å²) in [5.41, 5.74) is 0.462. The number of nitriles is 1. The molecule has 0 saturated heterocycles. The smallest absolute Gasteiger partial charge is 0.424 e. The van der Waals surface area contributed by atoms with Crippen molar-refractivity contribution in [2.75, 3.05) is 0 Å². The second-order valence-corrected chi connectivity index (χ2v) is 2.82. The zero-order valence-corrected chi connectivity index (χ0v) is 8.21. The molecule has 0 aliphatic carbocycles. The van der Waals surface area contributed by atoms with Gasteiger partial charge in [-0.2, -0.15) is 14.0 Å². The van der Waals surface area contributed by atoms with Crippen LogP contribution in [-0.4, -0.2) is 12.0 Å². The third kappa shape index (κ3) is 2.64. The van der Waals surface area contributed by atoms with Crippen molar-refractivity contribution in [2.45, 2.75) is 6.11 Å². The molecule has 0 spiro atoms. The number of nitrogens with two attached hydrogens (primary N) is 1. The molecule has 0 aliphatic heterocycles. The Balaban J connectivity index is 3.08. The molecule has 17 heavy (non-hydrogen) atoms. The number of carbonyl (C=O) groups excluding carboxylic acids is 1. The van der Waals surface area contributed by atoms with Crippen LogP contribution in [-0.2, 0) is 4.79 Å². The standard InChI is InChI=1S/C9H6F3N3O2/c10-6-2-1-3-7(5(6)4-13)17-9(11,12)8(16)15-14/h1-3H,14H2,(H,15,16). The molecular formula is C9H6F3N3O2. The predicted molar refractivity (Wildman–Crippen MR) is 49.0 cm³/mol. The number of carbonyl (C=O) groups is 1. The molecule has 0 radical (unpaired) electrons. The molecule has 1 rings (SSSR count). The summed E-state index contributed by atoms with van der Waals surface area (Å²) in [5, 5.41) is 8.55. The quantitative estimate of drug-likeness (QED) is 0.465. The van der Waals surface area contributed by atoms with Gasteiger partial charge in [0.25, 0.3) is 0 Å². The number of hydrogen-bond donors (Lipinski definition) is 2. The molecule has 0 aromatic heterocycles. The molecule has 0 unspecified atom stereocenters. The van der Waals surface area contributed by atoms with Crippen LogP contribution in [0.25, 0.3) is 0 Å². The molecule has 0 fully saturated rings. The molecule has 90 valence electrons. The van der Waals surface area contributed by atoms with E-state index in [0.717, 1.165) is 18.2 Å². The second kappa shape index (κ2) is 4.71. The molecule has 0 aliphatic rings. The maximum Gasteiger partial charge on any atom is 0.483 e. The van der Waals surface area contributed by atoms with E-state index in [1.54, 1.807) is 0 Å². The van der Waals surface area contributed by atoms with Crippen LogP contribution in [0.4, 0.5) is 13.2 Å². The van der Waals surface area contributed by atoms with Gasteiger partial charge in [0, 0.05) is 0 Å². The van der Waals surface area contributed by atoms with E-state index in [4.69, 9.17) is 5.26 Å². The molecule has 0 atom stereocenters. The number of nitrogens with zero attached hydrogens (tertiary/aromatic N) is 1. The highest BCUT2D eigenvalue weighted by Gasteiger charge is 2.42. The van der Waals surface area contributed by atoms with Crippen molar-refractivity contribution in [3.8, 4) is 11.8 Å². The molecule has 1 aromatic rings. The van der Waals surface area contributed by atoms with E-state index in [0.29, 0.717) is 0 Å². The lowest BCUT2D eigenvalue weighted by atomic mass is 10.2. The van der Waals surface area contributed by atoms with E-state index in [-0.39, 0.29) is 0 Å². The number of halogens is 3. The normalized spacial score (nSPS) is 10.5. The Morgan fingerprint density at radius 3 is 2.71 bits per heavy atom. The fourth-order valence-corrected chi connectivity index (χ4v) is 0.966. The lowest BCUT2D eigenvalue weighted by Crippen LogP contribution is -2.47. The number of rotatable bonds is 3. The Hall–Kier alpha value is -2.27. The van der Waals surface area contributed by atoms with Gasteiger partial charge in [0.15, 0.2) is 0 Å². The van der Waals surface area contributed by atoms with Gasteiger partial charge in [-0.3, -0.25) is 10.2 Å².